The second-order valence-corrected chi connectivity index (χ2v) is 4.46. The van der Waals surface area contributed by atoms with Gasteiger partial charge in [-0.05, 0) is 5.92 Å². The summed E-state index contributed by atoms with van der Waals surface area (Å²) >= 11 is 0. The maximum Gasteiger partial charge on any atom is 0.138 e. The standard InChI is InChI=1S/C10H17N7/c1-7(2)5-17-10(12-6-14-17)3-8(11)9-4-13-16-15-9/h4,6-8H,3,5,11H2,1-2H3,(H,13,15,16). The Hall–Kier alpha value is -1.76. The van der Waals surface area contributed by atoms with Gasteiger partial charge in [0.25, 0.3) is 0 Å². The third-order valence-corrected chi connectivity index (χ3v) is 2.45. The fourth-order valence-corrected chi connectivity index (χ4v) is 1.63. The molecule has 0 radical (unpaired) electrons. The van der Waals surface area contributed by atoms with Gasteiger partial charge in [-0.3, -0.25) is 0 Å². The van der Waals surface area contributed by atoms with Gasteiger partial charge in [-0.2, -0.15) is 20.5 Å². The molecule has 1 unspecified atom stereocenters. The van der Waals surface area contributed by atoms with Crippen LogP contribution in [0.2, 0.25) is 0 Å². The van der Waals surface area contributed by atoms with E-state index in [1.807, 2.05) is 4.68 Å². The first-order chi connectivity index (χ1) is 8.16. The molecule has 2 aromatic heterocycles. The Balaban J connectivity index is 2.06. The van der Waals surface area contributed by atoms with Gasteiger partial charge >= 0.3 is 0 Å². The molecule has 0 fully saturated rings. The van der Waals surface area contributed by atoms with E-state index in [9.17, 15) is 0 Å². The van der Waals surface area contributed by atoms with Crippen LogP contribution < -0.4 is 5.73 Å². The Bertz CT molecular complexity index is 445. The van der Waals surface area contributed by atoms with Gasteiger partial charge in [0.1, 0.15) is 12.2 Å². The lowest BCUT2D eigenvalue weighted by Crippen LogP contribution is -2.18. The van der Waals surface area contributed by atoms with Crippen molar-refractivity contribution in [3.05, 3.63) is 24.0 Å². The van der Waals surface area contributed by atoms with Crippen molar-refractivity contribution in [2.75, 3.05) is 0 Å². The Morgan fingerprint density at radius 2 is 2.29 bits per heavy atom. The van der Waals surface area contributed by atoms with Crippen molar-refractivity contribution >= 4 is 0 Å². The van der Waals surface area contributed by atoms with Crippen molar-refractivity contribution in [3.8, 4) is 0 Å². The summed E-state index contributed by atoms with van der Waals surface area (Å²) in [4.78, 5) is 4.23. The van der Waals surface area contributed by atoms with Crippen LogP contribution in [0.1, 0.15) is 31.4 Å². The summed E-state index contributed by atoms with van der Waals surface area (Å²) in [5.74, 6) is 1.41. The quantitative estimate of drug-likeness (QED) is 0.776. The van der Waals surface area contributed by atoms with E-state index in [2.05, 4.69) is 39.3 Å². The molecular formula is C10H17N7. The van der Waals surface area contributed by atoms with E-state index in [4.69, 9.17) is 5.73 Å². The molecule has 17 heavy (non-hydrogen) atoms. The van der Waals surface area contributed by atoms with Crippen molar-refractivity contribution in [1.82, 2.24) is 30.2 Å². The highest BCUT2D eigenvalue weighted by Crippen LogP contribution is 2.11. The minimum atomic E-state index is -0.205. The fraction of sp³-hybridized carbons (Fsp3) is 0.600. The van der Waals surface area contributed by atoms with Gasteiger partial charge in [0.15, 0.2) is 0 Å². The number of aromatic nitrogens is 6. The van der Waals surface area contributed by atoms with Crippen LogP contribution in [-0.2, 0) is 13.0 Å². The van der Waals surface area contributed by atoms with Gasteiger partial charge in [0.2, 0.25) is 0 Å². The summed E-state index contributed by atoms with van der Waals surface area (Å²) in [6.45, 7) is 5.13. The number of aromatic amines is 1. The van der Waals surface area contributed by atoms with Crippen molar-refractivity contribution in [3.63, 3.8) is 0 Å². The number of nitrogens with one attached hydrogen (secondary N) is 1. The first kappa shape index (κ1) is 11.7. The molecule has 0 aromatic carbocycles. The largest absolute Gasteiger partial charge is 0.322 e. The van der Waals surface area contributed by atoms with E-state index >= 15 is 0 Å². The molecule has 7 nitrogen and oxygen atoms in total. The topological polar surface area (TPSA) is 98.3 Å². The molecule has 2 rings (SSSR count). The number of H-pyrrole nitrogens is 1. The zero-order valence-electron chi connectivity index (χ0n) is 10.0. The number of hydrogen-bond acceptors (Lipinski definition) is 5. The predicted octanol–water partition coefficient (Wildman–Crippen LogP) is 0.295. The second-order valence-electron chi connectivity index (χ2n) is 4.46. The molecule has 0 saturated heterocycles. The zero-order valence-corrected chi connectivity index (χ0v) is 10.0. The maximum atomic E-state index is 6.03. The van der Waals surface area contributed by atoms with Gasteiger partial charge in [0, 0.05) is 13.0 Å². The van der Waals surface area contributed by atoms with Crippen molar-refractivity contribution < 1.29 is 0 Å². The van der Waals surface area contributed by atoms with Crippen LogP contribution in [0.4, 0.5) is 0 Å². The highest BCUT2D eigenvalue weighted by molar-refractivity contribution is 5.03. The van der Waals surface area contributed by atoms with Crippen LogP contribution >= 0.6 is 0 Å². The highest BCUT2D eigenvalue weighted by Gasteiger charge is 2.14. The molecule has 0 aliphatic heterocycles. The summed E-state index contributed by atoms with van der Waals surface area (Å²) in [6, 6.07) is -0.205. The number of nitrogens with two attached hydrogens (primary N) is 1. The van der Waals surface area contributed by atoms with Gasteiger partial charge in [-0.25, -0.2) is 9.67 Å². The zero-order chi connectivity index (χ0) is 12.3. The molecule has 0 aliphatic rings. The Morgan fingerprint density at radius 1 is 1.47 bits per heavy atom. The first-order valence-corrected chi connectivity index (χ1v) is 5.64. The van der Waals surface area contributed by atoms with Crippen LogP contribution in [0.3, 0.4) is 0 Å². The molecule has 0 aliphatic carbocycles. The molecule has 0 spiro atoms. The Morgan fingerprint density at radius 3 is 2.94 bits per heavy atom. The highest BCUT2D eigenvalue weighted by atomic mass is 15.3. The summed E-state index contributed by atoms with van der Waals surface area (Å²) < 4.78 is 1.89. The van der Waals surface area contributed by atoms with Gasteiger partial charge in [-0.15, -0.1) is 0 Å². The lowest BCUT2D eigenvalue weighted by molar-refractivity contribution is 0.458. The maximum absolute atomic E-state index is 6.03. The number of nitrogens with zero attached hydrogens (tertiary/aromatic N) is 5. The molecule has 0 saturated carbocycles. The summed E-state index contributed by atoms with van der Waals surface area (Å²) in [5, 5.41) is 14.5. The lowest BCUT2D eigenvalue weighted by Gasteiger charge is -2.11. The smallest absolute Gasteiger partial charge is 0.138 e. The monoisotopic (exact) mass is 235 g/mol. The molecule has 1 atom stereocenters. The lowest BCUT2D eigenvalue weighted by atomic mass is 10.1. The predicted molar refractivity (Wildman–Crippen MR) is 61.9 cm³/mol. The minimum Gasteiger partial charge on any atom is -0.322 e. The third-order valence-electron chi connectivity index (χ3n) is 2.45. The summed E-state index contributed by atoms with van der Waals surface area (Å²) in [5.41, 5.74) is 6.77. The molecule has 2 aromatic rings. The van der Waals surface area contributed by atoms with Crippen molar-refractivity contribution in [2.24, 2.45) is 11.7 Å². The first-order valence-electron chi connectivity index (χ1n) is 5.64. The average Bonchev–Trinajstić information content (AvgIpc) is 2.89. The third kappa shape index (κ3) is 2.88. The van der Waals surface area contributed by atoms with E-state index in [1.165, 1.54) is 0 Å². The Kier molecular flexibility index (Phi) is 3.48. The van der Waals surface area contributed by atoms with E-state index in [1.54, 1.807) is 12.5 Å². The number of hydrogen-bond donors (Lipinski definition) is 2. The molecule has 7 heteroatoms. The van der Waals surface area contributed by atoms with Crippen LogP contribution in [0, 0.1) is 5.92 Å². The molecule has 2 heterocycles. The SMILES string of the molecule is CC(C)Cn1ncnc1CC(N)c1cn[nH]n1. The van der Waals surface area contributed by atoms with Crippen molar-refractivity contribution in [1.29, 1.82) is 0 Å². The van der Waals surface area contributed by atoms with E-state index < -0.39 is 0 Å². The van der Waals surface area contributed by atoms with Gasteiger partial charge in [0.05, 0.1) is 17.9 Å². The van der Waals surface area contributed by atoms with E-state index in [-0.39, 0.29) is 6.04 Å². The molecule has 0 bridgehead atoms. The van der Waals surface area contributed by atoms with Crippen LogP contribution in [0.15, 0.2) is 12.5 Å². The van der Waals surface area contributed by atoms with E-state index in [0.717, 1.165) is 18.1 Å². The minimum absolute atomic E-state index is 0.205. The van der Waals surface area contributed by atoms with Gasteiger partial charge < -0.3 is 5.73 Å². The van der Waals surface area contributed by atoms with Gasteiger partial charge in [-0.1, -0.05) is 13.8 Å². The normalized spacial score (nSPS) is 13.2. The second kappa shape index (κ2) is 5.05. The summed E-state index contributed by atoms with van der Waals surface area (Å²) in [7, 11) is 0. The van der Waals surface area contributed by atoms with Crippen molar-refractivity contribution in [2.45, 2.75) is 32.9 Å². The van der Waals surface area contributed by atoms with E-state index in [0.29, 0.717) is 12.3 Å². The molecule has 0 amide bonds. The molecule has 92 valence electrons. The summed E-state index contributed by atoms with van der Waals surface area (Å²) in [6.07, 6.45) is 3.81. The van der Waals surface area contributed by atoms with Crippen LogP contribution in [0.25, 0.3) is 0 Å². The number of rotatable bonds is 5. The fourth-order valence-electron chi connectivity index (χ4n) is 1.63. The average molecular weight is 235 g/mol. The molecule has 3 N–H and O–H groups in total. The molecular weight excluding hydrogens is 218 g/mol. The van der Waals surface area contributed by atoms with Crippen LogP contribution in [-0.4, -0.2) is 30.2 Å². The Labute approximate surface area is 99.4 Å². The van der Waals surface area contributed by atoms with Crippen LogP contribution in [0.5, 0.6) is 0 Å².